The smallest absolute Gasteiger partial charge is 0.220 e. The van der Waals surface area contributed by atoms with Crippen molar-refractivity contribution in [3.63, 3.8) is 0 Å². The molecule has 4 rings (SSSR count). The number of hydrogen-bond donors (Lipinski definition) is 2. The SMILES string of the molecule is O=C(CCCc1c[nH]c2ccccc12)N[C@H](c1ccc(Cl)cc1)C1CC1. The first-order valence-electron chi connectivity index (χ1n) is 9.30. The molecule has 1 aromatic heterocycles. The largest absolute Gasteiger partial charge is 0.361 e. The highest BCUT2D eigenvalue weighted by Gasteiger charge is 2.33. The number of nitrogens with one attached hydrogen (secondary N) is 2. The molecule has 3 nitrogen and oxygen atoms in total. The van der Waals surface area contributed by atoms with Crippen LogP contribution in [0.2, 0.25) is 5.02 Å². The molecule has 2 N–H and O–H groups in total. The number of carbonyl (C=O) groups excluding carboxylic acids is 1. The highest BCUT2D eigenvalue weighted by molar-refractivity contribution is 6.30. The van der Waals surface area contributed by atoms with Crippen LogP contribution in [0.15, 0.2) is 54.7 Å². The van der Waals surface area contributed by atoms with Gasteiger partial charge in [0.15, 0.2) is 0 Å². The quantitative estimate of drug-likeness (QED) is 0.576. The topological polar surface area (TPSA) is 44.9 Å². The number of amides is 1. The zero-order chi connectivity index (χ0) is 17.9. The summed E-state index contributed by atoms with van der Waals surface area (Å²) in [7, 11) is 0. The number of halogens is 1. The van der Waals surface area contributed by atoms with Crippen molar-refractivity contribution in [1.29, 1.82) is 0 Å². The second kappa shape index (κ2) is 7.55. The number of H-pyrrole nitrogens is 1. The van der Waals surface area contributed by atoms with Crippen molar-refractivity contribution in [3.8, 4) is 0 Å². The number of hydrogen-bond acceptors (Lipinski definition) is 1. The first kappa shape index (κ1) is 17.2. The number of rotatable bonds is 7. The predicted octanol–water partition coefficient (Wildman–Crippen LogP) is 5.41. The summed E-state index contributed by atoms with van der Waals surface area (Å²) < 4.78 is 0. The molecule has 1 atom stereocenters. The average Bonchev–Trinajstić information content (AvgIpc) is 3.42. The zero-order valence-electron chi connectivity index (χ0n) is 14.7. The molecule has 1 fully saturated rings. The number of aromatic nitrogens is 1. The molecule has 0 saturated heterocycles. The van der Waals surface area contributed by atoms with Crippen molar-refractivity contribution in [2.75, 3.05) is 0 Å². The van der Waals surface area contributed by atoms with E-state index in [-0.39, 0.29) is 11.9 Å². The maximum absolute atomic E-state index is 12.5. The van der Waals surface area contributed by atoms with Crippen LogP contribution in [0.3, 0.4) is 0 Å². The van der Waals surface area contributed by atoms with E-state index in [1.54, 1.807) is 0 Å². The number of aryl methyl sites for hydroxylation is 1. The Bertz CT molecular complexity index is 896. The van der Waals surface area contributed by atoms with Gasteiger partial charge in [0.2, 0.25) is 5.91 Å². The molecule has 3 aromatic rings. The van der Waals surface area contributed by atoms with Gasteiger partial charge in [0.05, 0.1) is 6.04 Å². The van der Waals surface area contributed by atoms with Gasteiger partial charge >= 0.3 is 0 Å². The van der Waals surface area contributed by atoms with Crippen molar-refractivity contribution in [3.05, 3.63) is 70.9 Å². The summed E-state index contributed by atoms with van der Waals surface area (Å²) in [6, 6.07) is 16.3. The molecule has 1 amide bonds. The number of carbonyl (C=O) groups is 1. The fourth-order valence-electron chi connectivity index (χ4n) is 3.60. The Kier molecular flexibility index (Phi) is 4.98. The van der Waals surface area contributed by atoms with E-state index in [1.807, 2.05) is 30.3 Å². The van der Waals surface area contributed by atoms with Gasteiger partial charge in [0, 0.05) is 28.5 Å². The summed E-state index contributed by atoms with van der Waals surface area (Å²) >= 11 is 5.99. The summed E-state index contributed by atoms with van der Waals surface area (Å²) in [6.07, 6.45) is 6.74. The lowest BCUT2D eigenvalue weighted by molar-refractivity contribution is -0.122. The van der Waals surface area contributed by atoms with Crippen molar-refractivity contribution < 1.29 is 4.79 Å². The minimum atomic E-state index is 0.118. The molecule has 1 aliphatic rings. The van der Waals surface area contributed by atoms with E-state index in [0.717, 1.165) is 28.9 Å². The Morgan fingerprint density at radius 1 is 1.15 bits per heavy atom. The third-order valence-electron chi connectivity index (χ3n) is 5.16. The second-order valence-corrected chi connectivity index (χ2v) is 7.58. The fraction of sp³-hybridized carbons (Fsp3) is 0.318. The molecule has 26 heavy (non-hydrogen) atoms. The van der Waals surface area contributed by atoms with Crippen LogP contribution in [0.4, 0.5) is 0 Å². The third-order valence-corrected chi connectivity index (χ3v) is 5.42. The summed E-state index contributed by atoms with van der Waals surface area (Å²) in [4.78, 5) is 15.8. The molecule has 1 saturated carbocycles. The van der Waals surface area contributed by atoms with Gasteiger partial charge in [-0.3, -0.25) is 4.79 Å². The van der Waals surface area contributed by atoms with Crippen LogP contribution in [0.1, 0.15) is 42.9 Å². The van der Waals surface area contributed by atoms with Crippen LogP contribution in [0.25, 0.3) is 10.9 Å². The number of aromatic amines is 1. The molecule has 0 unspecified atom stereocenters. The first-order valence-corrected chi connectivity index (χ1v) is 9.68. The maximum atomic E-state index is 12.5. The number of benzene rings is 2. The fourth-order valence-corrected chi connectivity index (χ4v) is 3.72. The second-order valence-electron chi connectivity index (χ2n) is 7.15. The molecular weight excluding hydrogens is 344 g/mol. The van der Waals surface area contributed by atoms with Gasteiger partial charge in [-0.1, -0.05) is 41.9 Å². The van der Waals surface area contributed by atoms with Gasteiger partial charge < -0.3 is 10.3 Å². The molecule has 134 valence electrons. The summed E-state index contributed by atoms with van der Waals surface area (Å²) in [6.45, 7) is 0. The standard InChI is InChI=1S/C22H23ClN2O/c23-18-12-10-16(11-13-18)22(15-8-9-15)25-21(26)7-3-4-17-14-24-20-6-2-1-5-19(17)20/h1-2,5-6,10-15,22,24H,3-4,7-9H2,(H,25,26)/t22-/m0/s1. The van der Waals surface area contributed by atoms with Gasteiger partial charge in [0.25, 0.3) is 0 Å². The minimum absolute atomic E-state index is 0.118. The van der Waals surface area contributed by atoms with Crippen molar-refractivity contribution >= 4 is 28.4 Å². The number of fused-ring (bicyclic) bond motifs is 1. The van der Waals surface area contributed by atoms with E-state index in [9.17, 15) is 4.79 Å². The molecule has 1 aliphatic carbocycles. The maximum Gasteiger partial charge on any atom is 0.220 e. The Hall–Kier alpha value is -2.26. The Labute approximate surface area is 158 Å². The van der Waals surface area contributed by atoms with Crippen LogP contribution in [-0.2, 0) is 11.2 Å². The Morgan fingerprint density at radius 3 is 2.69 bits per heavy atom. The molecule has 0 radical (unpaired) electrons. The lowest BCUT2D eigenvalue weighted by Gasteiger charge is -2.19. The summed E-state index contributed by atoms with van der Waals surface area (Å²) in [5.41, 5.74) is 3.59. The lowest BCUT2D eigenvalue weighted by Crippen LogP contribution is -2.29. The monoisotopic (exact) mass is 366 g/mol. The normalized spacial score (nSPS) is 15.1. The van der Waals surface area contributed by atoms with Gasteiger partial charge in [-0.2, -0.15) is 0 Å². The van der Waals surface area contributed by atoms with E-state index >= 15 is 0 Å². The van der Waals surface area contributed by atoms with E-state index in [2.05, 4.69) is 34.7 Å². The zero-order valence-corrected chi connectivity index (χ0v) is 15.4. The molecule has 0 spiro atoms. The third kappa shape index (κ3) is 3.94. The molecule has 4 heteroatoms. The van der Waals surface area contributed by atoms with Gasteiger partial charge in [-0.15, -0.1) is 0 Å². The van der Waals surface area contributed by atoms with Crippen LogP contribution < -0.4 is 5.32 Å². The van der Waals surface area contributed by atoms with E-state index in [4.69, 9.17) is 11.6 Å². The minimum Gasteiger partial charge on any atom is -0.361 e. The van der Waals surface area contributed by atoms with Gasteiger partial charge in [-0.25, -0.2) is 0 Å². The summed E-state index contributed by atoms with van der Waals surface area (Å²) in [5.74, 6) is 0.699. The molecule has 0 aliphatic heterocycles. The molecule has 2 aromatic carbocycles. The highest BCUT2D eigenvalue weighted by atomic mass is 35.5. The van der Waals surface area contributed by atoms with E-state index in [1.165, 1.54) is 23.8 Å². The van der Waals surface area contributed by atoms with Gasteiger partial charge in [0.1, 0.15) is 0 Å². The van der Waals surface area contributed by atoms with Crippen LogP contribution >= 0.6 is 11.6 Å². The Morgan fingerprint density at radius 2 is 1.92 bits per heavy atom. The van der Waals surface area contributed by atoms with Crippen LogP contribution in [0.5, 0.6) is 0 Å². The van der Waals surface area contributed by atoms with Crippen molar-refractivity contribution in [1.82, 2.24) is 10.3 Å². The van der Waals surface area contributed by atoms with Gasteiger partial charge in [-0.05, 0) is 60.9 Å². The first-order chi connectivity index (χ1) is 12.7. The molecule has 1 heterocycles. The van der Waals surface area contributed by atoms with Crippen LogP contribution in [-0.4, -0.2) is 10.9 Å². The Balaban J connectivity index is 1.33. The molecule has 0 bridgehead atoms. The van der Waals surface area contributed by atoms with E-state index < -0.39 is 0 Å². The highest BCUT2D eigenvalue weighted by Crippen LogP contribution is 2.41. The number of para-hydroxylation sites is 1. The lowest BCUT2D eigenvalue weighted by atomic mass is 10.0. The molecular formula is C22H23ClN2O. The van der Waals surface area contributed by atoms with Crippen LogP contribution in [0, 0.1) is 5.92 Å². The predicted molar refractivity (Wildman–Crippen MR) is 106 cm³/mol. The summed E-state index contributed by atoms with van der Waals surface area (Å²) in [5, 5.41) is 5.23. The van der Waals surface area contributed by atoms with E-state index in [0.29, 0.717) is 12.3 Å². The average molecular weight is 367 g/mol. The van der Waals surface area contributed by atoms with Crippen molar-refractivity contribution in [2.24, 2.45) is 5.92 Å². The van der Waals surface area contributed by atoms with Crippen molar-refractivity contribution in [2.45, 2.75) is 38.1 Å².